The molecule has 1 fully saturated rings. The van der Waals surface area contributed by atoms with Crippen molar-refractivity contribution in [1.82, 2.24) is 0 Å². The normalized spacial score (nSPS) is 21.1. The molecule has 0 bridgehead atoms. The summed E-state index contributed by atoms with van der Waals surface area (Å²) in [4.78, 5) is 0. The van der Waals surface area contributed by atoms with Crippen LogP contribution < -0.4 is 0 Å². The van der Waals surface area contributed by atoms with Gasteiger partial charge in [0, 0.05) is 13.2 Å². The van der Waals surface area contributed by atoms with E-state index in [-0.39, 0.29) is 18.5 Å². The number of hydrogen-bond donors (Lipinski definition) is 2. The quantitative estimate of drug-likeness (QED) is 0.523. The van der Waals surface area contributed by atoms with E-state index >= 15 is 0 Å². The van der Waals surface area contributed by atoms with Crippen molar-refractivity contribution in [2.24, 2.45) is 0 Å². The van der Waals surface area contributed by atoms with Crippen molar-refractivity contribution in [2.45, 2.75) is 24.5 Å². The molecule has 3 heteroatoms. The molecule has 1 heterocycles. The molecular formula is C6H12BO2. The lowest BCUT2D eigenvalue weighted by Gasteiger charge is -2.10. The first kappa shape index (κ1) is 7.10. The van der Waals surface area contributed by atoms with Crippen molar-refractivity contribution >= 4 is 7.28 Å². The van der Waals surface area contributed by atoms with Gasteiger partial charge < -0.3 is 10.2 Å². The molecule has 0 atom stereocenters. The molecular weight excluding hydrogens is 115 g/mol. The monoisotopic (exact) mass is 127 g/mol. The van der Waals surface area contributed by atoms with E-state index in [1.54, 1.807) is 0 Å². The summed E-state index contributed by atoms with van der Waals surface area (Å²) >= 11 is 0. The van der Waals surface area contributed by atoms with Gasteiger partial charge in [-0.3, -0.25) is 0 Å². The van der Waals surface area contributed by atoms with Gasteiger partial charge in [0.15, 0.2) is 0 Å². The highest BCUT2D eigenvalue weighted by molar-refractivity contribution is 6.54. The Labute approximate surface area is 56.1 Å². The molecule has 0 aromatic rings. The SMILES string of the molecule is OCCC1(CCO)[B]C1. The van der Waals surface area contributed by atoms with E-state index in [1.165, 1.54) is 0 Å². The van der Waals surface area contributed by atoms with Crippen LogP contribution in [0.25, 0.3) is 0 Å². The fourth-order valence-electron chi connectivity index (χ4n) is 1.12. The van der Waals surface area contributed by atoms with Crippen molar-refractivity contribution in [2.75, 3.05) is 13.2 Å². The third-order valence-corrected chi connectivity index (χ3v) is 2.00. The Morgan fingerprint density at radius 3 is 1.89 bits per heavy atom. The lowest BCUT2D eigenvalue weighted by molar-refractivity contribution is 0.241. The largest absolute Gasteiger partial charge is 0.396 e. The molecule has 1 rings (SSSR count). The average Bonchev–Trinajstić information content (AvgIpc) is 2.51. The molecule has 1 aliphatic rings. The highest BCUT2D eigenvalue weighted by atomic mass is 16.3. The predicted octanol–water partition coefficient (Wildman–Crippen LogP) is 0.0460. The summed E-state index contributed by atoms with van der Waals surface area (Å²) in [6.07, 6.45) is 2.73. The fraction of sp³-hybridized carbons (Fsp3) is 1.00. The van der Waals surface area contributed by atoms with Crippen molar-refractivity contribution < 1.29 is 10.2 Å². The van der Waals surface area contributed by atoms with Crippen molar-refractivity contribution in [3.8, 4) is 0 Å². The summed E-state index contributed by atoms with van der Waals surface area (Å²) in [5.41, 5.74) is 0. The molecule has 0 aliphatic carbocycles. The summed E-state index contributed by atoms with van der Waals surface area (Å²) in [6, 6.07) is 0. The first-order chi connectivity index (χ1) is 4.33. The zero-order valence-electron chi connectivity index (χ0n) is 5.51. The molecule has 0 unspecified atom stereocenters. The second kappa shape index (κ2) is 2.71. The van der Waals surface area contributed by atoms with Crippen molar-refractivity contribution in [3.05, 3.63) is 0 Å². The van der Waals surface area contributed by atoms with Crippen molar-refractivity contribution in [3.63, 3.8) is 0 Å². The van der Waals surface area contributed by atoms with Crippen LogP contribution in [0.2, 0.25) is 11.6 Å². The molecule has 0 aromatic carbocycles. The molecule has 1 radical (unpaired) electrons. The first-order valence-electron chi connectivity index (χ1n) is 3.39. The molecule has 2 nitrogen and oxygen atoms in total. The van der Waals surface area contributed by atoms with Gasteiger partial charge in [-0.1, -0.05) is 11.6 Å². The summed E-state index contributed by atoms with van der Waals surface area (Å²) < 4.78 is 0. The molecule has 51 valence electrons. The van der Waals surface area contributed by atoms with Gasteiger partial charge in [0.25, 0.3) is 0 Å². The Hall–Kier alpha value is -0.0151. The van der Waals surface area contributed by atoms with Gasteiger partial charge in [-0.05, 0) is 12.8 Å². The topological polar surface area (TPSA) is 40.5 Å². The standard InChI is InChI=1S/C6H12BO2/c8-3-1-6(2-4-9)5-7-6/h8-9H,1-5H2. The third-order valence-electron chi connectivity index (χ3n) is 2.00. The van der Waals surface area contributed by atoms with E-state index in [0.717, 1.165) is 19.2 Å². The zero-order valence-corrected chi connectivity index (χ0v) is 5.51. The lowest BCUT2D eigenvalue weighted by Crippen LogP contribution is -2.00. The van der Waals surface area contributed by atoms with E-state index in [0.29, 0.717) is 0 Å². The molecule has 0 saturated carbocycles. The van der Waals surface area contributed by atoms with E-state index in [4.69, 9.17) is 10.2 Å². The second-order valence-corrected chi connectivity index (χ2v) is 2.72. The predicted molar refractivity (Wildman–Crippen MR) is 36.7 cm³/mol. The minimum Gasteiger partial charge on any atom is -0.396 e. The number of hydrogen-bond acceptors (Lipinski definition) is 2. The van der Waals surface area contributed by atoms with E-state index in [9.17, 15) is 0 Å². The van der Waals surface area contributed by atoms with Crippen LogP contribution >= 0.6 is 0 Å². The van der Waals surface area contributed by atoms with Crippen LogP contribution in [-0.4, -0.2) is 30.7 Å². The molecule has 1 aliphatic heterocycles. The van der Waals surface area contributed by atoms with Gasteiger partial charge in [0.2, 0.25) is 0 Å². The lowest BCUT2D eigenvalue weighted by atomic mass is 9.82. The Kier molecular flexibility index (Phi) is 2.14. The smallest absolute Gasteiger partial charge is 0.116 e. The van der Waals surface area contributed by atoms with Crippen LogP contribution in [0.5, 0.6) is 0 Å². The Bertz CT molecular complexity index is 83.1. The van der Waals surface area contributed by atoms with Crippen molar-refractivity contribution in [1.29, 1.82) is 0 Å². The number of rotatable bonds is 4. The summed E-state index contributed by atoms with van der Waals surface area (Å²) in [6.45, 7) is 0.493. The van der Waals surface area contributed by atoms with Gasteiger partial charge >= 0.3 is 0 Å². The van der Waals surface area contributed by atoms with Crippen LogP contribution in [0.1, 0.15) is 12.8 Å². The van der Waals surface area contributed by atoms with Crippen LogP contribution in [0.15, 0.2) is 0 Å². The minimum atomic E-state index is 0.226. The zero-order chi connectivity index (χ0) is 6.74. The number of aliphatic hydroxyl groups excluding tert-OH is 2. The summed E-state index contributed by atoms with van der Waals surface area (Å²) in [7, 11) is 2.17. The van der Waals surface area contributed by atoms with Gasteiger partial charge in [0.1, 0.15) is 7.28 Å². The second-order valence-electron chi connectivity index (χ2n) is 2.72. The highest BCUT2D eigenvalue weighted by Crippen LogP contribution is 2.52. The number of aliphatic hydroxyl groups is 2. The van der Waals surface area contributed by atoms with Crippen LogP contribution in [-0.2, 0) is 0 Å². The Morgan fingerprint density at radius 1 is 1.22 bits per heavy atom. The molecule has 9 heavy (non-hydrogen) atoms. The van der Waals surface area contributed by atoms with Crippen LogP contribution in [0.3, 0.4) is 0 Å². The maximum Gasteiger partial charge on any atom is 0.116 e. The summed E-state index contributed by atoms with van der Waals surface area (Å²) in [5.74, 6) is 0. The average molecular weight is 127 g/mol. The van der Waals surface area contributed by atoms with Crippen LogP contribution in [0, 0.1) is 0 Å². The molecule has 0 amide bonds. The first-order valence-corrected chi connectivity index (χ1v) is 3.39. The molecule has 0 aromatic heterocycles. The fourth-order valence-corrected chi connectivity index (χ4v) is 1.12. The minimum absolute atomic E-state index is 0.226. The van der Waals surface area contributed by atoms with Gasteiger partial charge in [-0.15, -0.1) is 0 Å². The van der Waals surface area contributed by atoms with E-state index in [1.807, 2.05) is 0 Å². The van der Waals surface area contributed by atoms with Crippen LogP contribution in [0.4, 0.5) is 0 Å². The Morgan fingerprint density at radius 2 is 1.67 bits per heavy atom. The van der Waals surface area contributed by atoms with E-state index < -0.39 is 0 Å². The van der Waals surface area contributed by atoms with Gasteiger partial charge in [0.05, 0.1) is 0 Å². The molecule has 2 N–H and O–H groups in total. The Balaban J connectivity index is 2.17. The molecule has 1 saturated heterocycles. The maximum atomic E-state index is 8.57. The van der Waals surface area contributed by atoms with Gasteiger partial charge in [-0.2, -0.15) is 0 Å². The molecule has 0 spiro atoms. The maximum absolute atomic E-state index is 8.57. The highest BCUT2D eigenvalue weighted by Gasteiger charge is 2.41. The summed E-state index contributed by atoms with van der Waals surface area (Å²) in [5, 5.41) is 17.4. The van der Waals surface area contributed by atoms with Gasteiger partial charge in [-0.25, -0.2) is 0 Å². The third kappa shape index (κ3) is 1.70. The van der Waals surface area contributed by atoms with E-state index in [2.05, 4.69) is 7.28 Å².